The Morgan fingerprint density at radius 2 is 2.29 bits per heavy atom. The van der Waals surface area contributed by atoms with E-state index in [2.05, 4.69) is 22.3 Å². The number of hydrogen-bond donors (Lipinski definition) is 3. The molecule has 2 aromatic rings. The van der Waals surface area contributed by atoms with Gasteiger partial charge in [0.15, 0.2) is 11.6 Å². The third kappa shape index (κ3) is 2.85. The molecule has 21 heavy (non-hydrogen) atoms. The molecule has 6 heteroatoms. The van der Waals surface area contributed by atoms with Crippen LogP contribution in [0.1, 0.15) is 18.2 Å². The first-order valence-electron chi connectivity index (χ1n) is 6.35. The van der Waals surface area contributed by atoms with E-state index >= 15 is 0 Å². The van der Waals surface area contributed by atoms with Gasteiger partial charge in [-0.3, -0.25) is 0 Å². The molecule has 0 fully saturated rings. The lowest BCUT2D eigenvalue weighted by atomic mass is 10.1. The number of benzene rings is 1. The molecule has 1 heterocycles. The fraction of sp³-hybridized carbons (Fsp3) is 0.0667. The summed E-state index contributed by atoms with van der Waals surface area (Å²) in [5.41, 5.74) is 4.81. The number of hydrazine groups is 1. The predicted molar refractivity (Wildman–Crippen MR) is 85.0 cm³/mol. The summed E-state index contributed by atoms with van der Waals surface area (Å²) in [6, 6.07) is 5.50. The zero-order valence-electron chi connectivity index (χ0n) is 11.7. The molecule has 108 valence electrons. The highest BCUT2D eigenvalue weighted by atomic mass is 16.5. The lowest BCUT2D eigenvalue weighted by molar-refractivity contribution is 0.419. The minimum atomic E-state index is 0.379. The van der Waals surface area contributed by atoms with Crippen molar-refractivity contribution in [1.29, 1.82) is 0 Å². The molecule has 1 aromatic heterocycles. The first-order chi connectivity index (χ1) is 10.2. The zero-order valence-corrected chi connectivity index (χ0v) is 11.7. The Labute approximate surface area is 122 Å². The maximum Gasteiger partial charge on any atom is 0.174 e. The van der Waals surface area contributed by atoms with Crippen molar-refractivity contribution < 1.29 is 4.52 Å². The van der Waals surface area contributed by atoms with Gasteiger partial charge < -0.3 is 15.8 Å². The smallest absolute Gasteiger partial charge is 0.174 e. The van der Waals surface area contributed by atoms with Gasteiger partial charge in [0.1, 0.15) is 5.52 Å². The first kappa shape index (κ1) is 14.5. The standard InChI is InChI=1S/C15H17N5O/c1-3-5-10(6-4-2)14-12-9-11(15(18-16)19-17)7-8-13(12)20-21-14/h3-9H,1,16-17H2,2H3,(H,18,19)/b6-4-,10-5+. The summed E-state index contributed by atoms with van der Waals surface area (Å²) in [5.74, 6) is 11.7. The number of nitrogens with one attached hydrogen (secondary N) is 1. The summed E-state index contributed by atoms with van der Waals surface area (Å²) in [6.45, 7) is 5.64. The van der Waals surface area contributed by atoms with E-state index in [-0.39, 0.29) is 0 Å². The van der Waals surface area contributed by atoms with Crippen LogP contribution in [0.25, 0.3) is 16.5 Å². The lowest BCUT2D eigenvalue weighted by Gasteiger charge is -2.04. The van der Waals surface area contributed by atoms with Crippen LogP contribution in [0, 0.1) is 0 Å². The number of allylic oxidation sites excluding steroid dienone is 5. The van der Waals surface area contributed by atoms with Crippen molar-refractivity contribution in [1.82, 2.24) is 10.6 Å². The topological polar surface area (TPSA) is 102 Å². The minimum Gasteiger partial charge on any atom is -0.355 e. The Morgan fingerprint density at radius 3 is 2.90 bits per heavy atom. The molecule has 0 aliphatic carbocycles. The summed E-state index contributed by atoms with van der Waals surface area (Å²) >= 11 is 0. The van der Waals surface area contributed by atoms with Gasteiger partial charge in [0, 0.05) is 11.1 Å². The fourth-order valence-electron chi connectivity index (χ4n) is 2.01. The molecule has 0 aliphatic rings. The SMILES string of the molecule is C=C/C=C(\C=C/C)c1onc2ccc(/C(=N/N)NN)cc12. The van der Waals surface area contributed by atoms with Crippen molar-refractivity contribution in [2.24, 2.45) is 16.8 Å². The number of fused-ring (bicyclic) bond motifs is 1. The van der Waals surface area contributed by atoms with E-state index in [1.807, 2.05) is 43.4 Å². The number of amidine groups is 1. The highest BCUT2D eigenvalue weighted by Gasteiger charge is 2.13. The Balaban J connectivity index is 2.63. The number of rotatable bonds is 4. The second kappa shape index (κ2) is 6.53. The van der Waals surface area contributed by atoms with Gasteiger partial charge in [0.05, 0.1) is 5.39 Å². The van der Waals surface area contributed by atoms with E-state index in [0.29, 0.717) is 11.6 Å². The van der Waals surface area contributed by atoms with Crippen LogP contribution in [0.2, 0.25) is 0 Å². The van der Waals surface area contributed by atoms with E-state index < -0.39 is 0 Å². The molecule has 5 N–H and O–H groups in total. The summed E-state index contributed by atoms with van der Waals surface area (Å²) in [5, 5.41) is 8.49. The molecule has 0 saturated heterocycles. The molecular weight excluding hydrogens is 266 g/mol. The Bertz CT molecular complexity index is 740. The van der Waals surface area contributed by atoms with Crippen molar-refractivity contribution in [3.05, 3.63) is 60.4 Å². The van der Waals surface area contributed by atoms with Crippen LogP contribution in [0.4, 0.5) is 0 Å². The molecule has 0 atom stereocenters. The van der Waals surface area contributed by atoms with E-state index in [9.17, 15) is 0 Å². The molecular formula is C15H17N5O. The molecule has 0 radical (unpaired) electrons. The van der Waals surface area contributed by atoms with Crippen LogP contribution in [0.5, 0.6) is 0 Å². The third-order valence-electron chi connectivity index (χ3n) is 2.92. The van der Waals surface area contributed by atoms with Gasteiger partial charge in [-0.15, -0.1) is 0 Å². The highest BCUT2D eigenvalue weighted by Crippen LogP contribution is 2.27. The van der Waals surface area contributed by atoms with Crippen molar-refractivity contribution in [2.45, 2.75) is 6.92 Å². The largest absolute Gasteiger partial charge is 0.355 e. The molecule has 0 spiro atoms. The summed E-state index contributed by atoms with van der Waals surface area (Å²) in [7, 11) is 0. The molecule has 2 rings (SSSR count). The average molecular weight is 283 g/mol. The molecule has 0 bridgehead atoms. The van der Waals surface area contributed by atoms with Gasteiger partial charge in [0.25, 0.3) is 0 Å². The van der Waals surface area contributed by atoms with E-state index in [1.54, 1.807) is 6.08 Å². The van der Waals surface area contributed by atoms with Crippen molar-refractivity contribution in [3.8, 4) is 0 Å². The van der Waals surface area contributed by atoms with E-state index in [4.69, 9.17) is 16.2 Å². The van der Waals surface area contributed by atoms with Crippen molar-refractivity contribution in [2.75, 3.05) is 0 Å². The minimum absolute atomic E-state index is 0.379. The summed E-state index contributed by atoms with van der Waals surface area (Å²) in [4.78, 5) is 0. The summed E-state index contributed by atoms with van der Waals surface area (Å²) < 4.78 is 5.44. The number of aromatic nitrogens is 1. The normalized spacial score (nSPS) is 13.0. The van der Waals surface area contributed by atoms with Gasteiger partial charge in [-0.05, 0) is 25.1 Å². The van der Waals surface area contributed by atoms with Gasteiger partial charge in [0.2, 0.25) is 0 Å². The van der Waals surface area contributed by atoms with Gasteiger partial charge in [-0.2, -0.15) is 5.10 Å². The molecule has 0 unspecified atom stereocenters. The van der Waals surface area contributed by atoms with Crippen LogP contribution in [-0.4, -0.2) is 11.0 Å². The Hall–Kier alpha value is -2.86. The second-order valence-electron chi connectivity index (χ2n) is 4.22. The molecule has 6 nitrogen and oxygen atoms in total. The maximum atomic E-state index is 5.44. The second-order valence-corrected chi connectivity index (χ2v) is 4.22. The lowest BCUT2D eigenvalue weighted by Crippen LogP contribution is -2.31. The predicted octanol–water partition coefficient (Wildman–Crippen LogP) is 2.06. The van der Waals surface area contributed by atoms with Gasteiger partial charge >= 0.3 is 0 Å². The fourth-order valence-corrected chi connectivity index (χ4v) is 2.01. The highest BCUT2D eigenvalue weighted by molar-refractivity contribution is 6.03. The zero-order chi connectivity index (χ0) is 15.2. The molecule has 0 amide bonds. The number of hydrazone groups is 1. The Kier molecular flexibility index (Phi) is 4.53. The van der Waals surface area contributed by atoms with Crippen LogP contribution in [0.15, 0.2) is 58.7 Å². The van der Waals surface area contributed by atoms with Crippen LogP contribution in [-0.2, 0) is 0 Å². The van der Waals surface area contributed by atoms with E-state index in [0.717, 1.165) is 22.0 Å². The van der Waals surface area contributed by atoms with Crippen LogP contribution < -0.4 is 17.1 Å². The first-order valence-corrected chi connectivity index (χ1v) is 6.35. The molecule has 0 saturated carbocycles. The average Bonchev–Trinajstić information content (AvgIpc) is 2.91. The third-order valence-corrected chi connectivity index (χ3v) is 2.92. The maximum absolute atomic E-state index is 5.44. The van der Waals surface area contributed by atoms with Crippen LogP contribution >= 0.6 is 0 Å². The van der Waals surface area contributed by atoms with Crippen LogP contribution in [0.3, 0.4) is 0 Å². The van der Waals surface area contributed by atoms with Crippen molar-refractivity contribution in [3.63, 3.8) is 0 Å². The summed E-state index contributed by atoms with van der Waals surface area (Å²) in [6.07, 6.45) is 7.39. The van der Waals surface area contributed by atoms with E-state index in [1.165, 1.54) is 0 Å². The number of hydrogen-bond acceptors (Lipinski definition) is 5. The van der Waals surface area contributed by atoms with Gasteiger partial charge in [-0.1, -0.05) is 36.0 Å². The molecule has 0 aliphatic heterocycles. The van der Waals surface area contributed by atoms with Gasteiger partial charge in [-0.25, -0.2) is 5.84 Å². The van der Waals surface area contributed by atoms with Crippen molar-refractivity contribution >= 4 is 22.3 Å². The quantitative estimate of drug-likeness (QED) is 0.262. The number of nitrogens with zero attached hydrogens (tertiary/aromatic N) is 2. The molecule has 1 aromatic carbocycles. The number of nitrogens with two attached hydrogens (primary N) is 2. The monoisotopic (exact) mass is 283 g/mol. The Morgan fingerprint density at radius 1 is 1.48 bits per heavy atom.